The van der Waals surface area contributed by atoms with Crippen molar-refractivity contribution in [3.05, 3.63) is 48.0 Å². The fourth-order valence-corrected chi connectivity index (χ4v) is 5.07. The number of carbonyl (C=O) groups excluding carboxylic acids is 1. The molecule has 1 atom stereocenters. The fraction of sp³-hybridized carbons (Fsp3) is 0.350. The van der Waals surface area contributed by atoms with E-state index in [1.54, 1.807) is 18.2 Å². The van der Waals surface area contributed by atoms with Crippen molar-refractivity contribution in [1.82, 2.24) is 4.31 Å². The molecule has 1 amide bonds. The highest BCUT2D eigenvalue weighted by molar-refractivity contribution is 7.89. The average Bonchev–Trinajstić information content (AvgIpc) is 3.16. The van der Waals surface area contributed by atoms with E-state index in [1.165, 1.54) is 28.6 Å². The Morgan fingerprint density at radius 3 is 2.61 bits per heavy atom. The van der Waals surface area contributed by atoms with Crippen LogP contribution in [0.5, 0.6) is 11.5 Å². The van der Waals surface area contributed by atoms with Gasteiger partial charge in [0.25, 0.3) is 5.91 Å². The van der Waals surface area contributed by atoms with Crippen LogP contribution < -0.4 is 14.8 Å². The van der Waals surface area contributed by atoms with E-state index in [1.807, 2.05) is 0 Å². The summed E-state index contributed by atoms with van der Waals surface area (Å²) in [5.74, 6) is 1.25. The van der Waals surface area contributed by atoms with Crippen molar-refractivity contribution < 1.29 is 22.7 Å². The van der Waals surface area contributed by atoms with Crippen molar-refractivity contribution >= 4 is 21.6 Å². The number of carbonyl (C=O) groups is 1. The Kier molecular flexibility index (Phi) is 4.99. The first-order valence-electron chi connectivity index (χ1n) is 9.25. The Labute approximate surface area is 164 Å². The number of nitrogens with one attached hydrogen (secondary N) is 1. The molecule has 148 valence electrons. The molecule has 2 heterocycles. The van der Waals surface area contributed by atoms with Gasteiger partial charge < -0.3 is 14.8 Å². The van der Waals surface area contributed by atoms with E-state index in [0.717, 1.165) is 12.8 Å². The van der Waals surface area contributed by atoms with Crippen LogP contribution in [0.25, 0.3) is 0 Å². The molecular weight excluding hydrogens is 380 g/mol. The number of benzene rings is 2. The smallest absolute Gasteiger partial charge is 0.255 e. The Morgan fingerprint density at radius 1 is 1.11 bits per heavy atom. The number of ether oxygens (including phenoxy) is 2. The van der Waals surface area contributed by atoms with E-state index >= 15 is 0 Å². The van der Waals surface area contributed by atoms with Crippen LogP contribution in [0, 0.1) is 5.92 Å². The molecule has 2 aliphatic heterocycles. The third-order valence-corrected chi connectivity index (χ3v) is 6.88. The number of amides is 1. The predicted molar refractivity (Wildman–Crippen MR) is 104 cm³/mol. The second-order valence-corrected chi connectivity index (χ2v) is 9.09. The number of rotatable bonds is 4. The van der Waals surface area contributed by atoms with Gasteiger partial charge in [-0.1, -0.05) is 6.92 Å². The Morgan fingerprint density at radius 2 is 1.86 bits per heavy atom. The molecule has 8 heteroatoms. The van der Waals surface area contributed by atoms with Gasteiger partial charge in [-0.3, -0.25) is 4.79 Å². The Balaban J connectivity index is 1.47. The molecule has 28 heavy (non-hydrogen) atoms. The van der Waals surface area contributed by atoms with Gasteiger partial charge in [0.05, 0.1) is 4.90 Å². The first-order valence-corrected chi connectivity index (χ1v) is 10.7. The second kappa shape index (κ2) is 7.44. The quantitative estimate of drug-likeness (QED) is 0.850. The summed E-state index contributed by atoms with van der Waals surface area (Å²) in [5.41, 5.74) is 0.955. The molecule has 1 N–H and O–H groups in total. The number of piperidine rings is 1. The molecule has 7 nitrogen and oxygen atoms in total. The second-order valence-electron chi connectivity index (χ2n) is 7.16. The highest BCUT2D eigenvalue weighted by Gasteiger charge is 2.28. The zero-order valence-electron chi connectivity index (χ0n) is 15.6. The molecule has 2 aromatic carbocycles. The van der Waals surface area contributed by atoms with Crippen LogP contribution in [0.3, 0.4) is 0 Å². The van der Waals surface area contributed by atoms with Crippen molar-refractivity contribution in [1.29, 1.82) is 0 Å². The summed E-state index contributed by atoms with van der Waals surface area (Å²) in [5, 5.41) is 2.78. The van der Waals surface area contributed by atoms with Gasteiger partial charge in [-0.05, 0) is 55.2 Å². The third-order valence-electron chi connectivity index (χ3n) is 5.00. The summed E-state index contributed by atoms with van der Waals surface area (Å²) in [7, 11) is -3.53. The number of sulfonamides is 1. The monoisotopic (exact) mass is 402 g/mol. The van der Waals surface area contributed by atoms with Gasteiger partial charge >= 0.3 is 0 Å². The van der Waals surface area contributed by atoms with E-state index in [4.69, 9.17) is 9.47 Å². The van der Waals surface area contributed by atoms with Gasteiger partial charge in [0.15, 0.2) is 11.5 Å². The molecule has 2 aliphatic rings. The third kappa shape index (κ3) is 3.70. The Hall–Kier alpha value is -2.58. The van der Waals surface area contributed by atoms with Gasteiger partial charge in [0.1, 0.15) is 0 Å². The molecule has 0 radical (unpaired) electrons. The van der Waals surface area contributed by atoms with Gasteiger partial charge in [-0.2, -0.15) is 4.31 Å². The number of anilines is 1. The summed E-state index contributed by atoms with van der Waals surface area (Å²) in [6.07, 6.45) is 1.92. The average molecular weight is 402 g/mol. The molecule has 0 aliphatic carbocycles. The zero-order valence-corrected chi connectivity index (χ0v) is 16.4. The number of hydrogen-bond acceptors (Lipinski definition) is 5. The Bertz CT molecular complexity index is 988. The molecule has 4 rings (SSSR count). The van der Waals surface area contributed by atoms with Crippen LogP contribution in [-0.4, -0.2) is 38.5 Å². The molecule has 0 saturated carbocycles. The largest absolute Gasteiger partial charge is 0.454 e. The highest BCUT2D eigenvalue weighted by Crippen LogP contribution is 2.34. The molecule has 1 unspecified atom stereocenters. The maximum Gasteiger partial charge on any atom is 0.255 e. The SMILES string of the molecule is CC1CCCN(S(=O)(=O)c2ccc(C(=O)Nc3ccc4c(c3)OCO4)cc2)C1. The molecule has 2 aromatic rings. The normalized spacial score (nSPS) is 19.4. The molecule has 0 spiro atoms. The minimum atomic E-state index is -3.53. The molecular formula is C20H22N2O5S. The van der Waals surface area contributed by atoms with E-state index in [-0.39, 0.29) is 17.6 Å². The molecule has 1 saturated heterocycles. The summed E-state index contributed by atoms with van der Waals surface area (Å²) < 4.78 is 37.7. The number of fused-ring (bicyclic) bond motifs is 1. The molecule has 0 aromatic heterocycles. The van der Waals surface area contributed by atoms with Crippen molar-refractivity contribution in [2.45, 2.75) is 24.7 Å². The first kappa shape index (κ1) is 18.8. The molecule has 1 fully saturated rings. The standard InChI is InChI=1S/C20H22N2O5S/c1-14-3-2-10-22(12-14)28(24,25)17-7-4-15(5-8-17)20(23)21-16-6-9-18-19(11-16)27-13-26-18/h4-9,11,14H,2-3,10,12-13H2,1H3,(H,21,23). The van der Waals surface area contributed by atoms with Crippen LogP contribution in [0.15, 0.2) is 47.4 Å². The van der Waals surface area contributed by atoms with Crippen LogP contribution in [0.2, 0.25) is 0 Å². The van der Waals surface area contributed by atoms with Crippen molar-refractivity contribution in [3.63, 3.8) is 0 Å². The summed E-state index contributed by atoms with van der Waals surface area (Å²) >= 11 is 0. The maximum absolute atomic E-state index is 12.8. The summed E-state index contributed by atoms with van der Waals surface area (Å²) in [4.78, 5) is 12.7. The zero-order chi connectivity index (χ0) is 19.7. The summed E-state index contributed by atoms with van der Waals surface area (Å²) in [6, 6.07) is 11.2. The van der Waals surface area contributed by atoms with E-state index < -0.39 is 10.0 Å². The molecule has 0 bridgehead atoms. The lowest BCUT2D eigenvalue weighted by Gasteiger charge is -2.30. The first-order chi connectivity index (χ1) is 13.4. The van der Waals surface area contributed by atoms with E-state index in [0.29, 0.717) is 41.8 Å². The van der Waals surface area contributed by atoms with Crippen molar-refractivity contribution in [3.8, 4) is 11.5 Å². The van der Waals surface area contributed by atoms with E-state index in [9.17, 15) is 13.2 Å². The summed E-state index contributed by atoms with van der Waals surface area (Å²) in [6.45, 7) is 3.30. The van der Waals surface area contributed by atoms with Crippen molar-refractivity contribution in [2.75, 3.05) is 25.2 Å². The van der Waals surface area contributed by atoms with E-state index in [2.05, 4.69) is 12.2 Å². The van der Waals surface area contributed by atoms with Gasteiger partial charge in [0.2, 0.25) is 16.8 Å². The minimum Gasteiger partial charge on any atom is -0.454 e. The fourth-order valence-electron chi connectivity index (χ4n) is 3.47. The van der Waals surface area contributed by atoms with Crippen LogP contribution in [0.4, 0.5) is 5.69 Å². The number of hydrogen-bond donors (Lipinski definition) is 1. The lowest BCUT2D eigenvalue weighted by molar-refractivity contribution is 0.102. The van der Waals surface area contributed by atoms with Gasteiger partial charge in [0, 0.05) is 30.4 Å². The van der Waals surface area contributed by atoms with Gasteiger partial charge in [-0.15, -0.1) is 0 Å². The lowest BCUT2D eigenvalue weighted by atomic mass is 10.0. The van der Waals surface area contributed by atoms with Gasteiger partial charge in [-0.25, -0.2) is 8.42 Å². The van der Waals surface area contributed by atoms with Crippen LogP contribution in [-0.2, 0) is 10.0 Å². The topological polar surface area (TPSA) is 84.9 Å². The lowest BCUT2D eigenvalue weighted by Crippen LogP contribution is -2.39. The number of nitrogens with zero attached hydrogens (tertiary/aromatic N) is 1. The van der Waals surface area contributed by atoms with Crippen molar-refractivity contribution in [2.24, 2.45) is 5.92 Å². The maximum atomic E-state index is 12.8. The highest BCUT2D eigenvalue weighted by atomic mass is 32.2. The predicted octanol–water partition coefficient (Wildman–Crippen LogP) is 3.09. The van der Waals surface area contributed by atoms with Crippen LogP contribution >= 0.6 is 0 Å². The minimum absolute atomic E-state index is 0.165. The van der Waals surface area contributed by atoms with Crippen LogP contribution in [0.1, 0.15) is 30.1 Å².